The molecule has 0 aliphatic heterocycles. The lowest BCUT2D eigenvalue weighted by Crippen LogP contribution is -2.11. The Balaban J connectivity index is 2.05. The highest BCUT2D eigenvalue weighted by Gasteiger charge is 2.10. The first-order valence-corrected chi connectivity index (χ1v) is 7.41. The van der Waals surface area contributed by atoms with Gasteiger partial charge in [-0.15, -0.1) is 10.2 Å². The first-order chi connectivity index (χ1) is 9.72. The quantitative estimate of drug-likeness (QED) is 0.888. The summed E-state index contributed by atoms with van der Waals surface area (Å²) in [5.41, 5.74) is 0.545. The van der Waals surface area contributed by atoms with Crippen LogP contribution in [-0.4, -0.2) is 22.7 Å². The van der Waals surface area contributed by atoms with Crippen LogP contribution in [0.15, 0.2) is 24.3 Å². The molecule has 20 heavy (non-hydrogen) atoms. The van der Waals surface area contributed by atoms with Crippen molar-refractivity contribution in [1.82, 2.24) is 10.2 Å². The standard InChI is InChI=1S/C14H17N3O2S/c1-3-6-12-16-17-14(20-12)15-13(18)10-7-5-8-11(9-10)19-4-2/h5,7-9H,3-4,6H2,1-2H3,(H,15,17,18). The van der Waals surface area contributed by atoms with Gasteiger partial charge in [-0.2, -0.15) is 0 Å². The average Bonchev–Trinajstić information content (AvgIpc) is 2.87. The molecule has 0 unspecified atom stereocenters. The van der Waals surface area contributed by atoms with Crippen LogP contribution in [-0.2, 0) is 6.42 Å². The molecule has 0 saturated heterocycles. The Labute approximate surface area is 122 Å². The van der Waals surface area contributed by atoms with Gasteiger partial charge in [0.25, 0.3) is 5.91 Å². The maximum Gasteiger partial charge on any atom is 0.257 e. The molecule has 0 aliphatic rings. The molecule has 1 N–H and O–H groups in total. The van der Waals surface area contributed by atoms with Crippen LogP contribution in [0.2, 0.25) is 0 Å². The summed E-state index contributed by atoms with van der Waals surface area (Å²) in [6, 6.07) is 7.08. The van der Waals surface area contributed by atoms with Gasteiger partial charge in [0.15, 0.2) is 0 Å². The Hall–Kier alpha value is -1.95. The average molecular weight is 291 g/mol. The number of benzene rings is 1. The molecule has 1 aromatic carbocycles. The Morgan fingerprint density at radius 3 is 2.95 bits per heavy atom. The van der Waals surface area contributed by atoms with Gasteiger partial charge in [0.1, 0.15) is 10.8 Å². The van der Waals surface area contributed by atoms with Crippen LogP contribution in [0.3, 0.4) is 0 Å². The van der Waals surface area contributed by atoms with E-state index in [1.165, 1.54) is 11.3 Å². The molecular formula is C14H17N3O2S. The number of carbonyl (C=O) groups is 1. The van der Waals surface area contributed by atoms with Crippen molar-refractivity contribution >= 4 is 22.4 Å². The van der Waals surface area contributed by atoms with Crippen molar-refractivity contribution in [3.63, 3.8) is 0 Å². The normalized spacial score (nSPS) is 10.3. The minimum absolute atomic E-state index is 0.203. The largest absolute Gasteiger partial charge is 0.494 e. The van der Waals surface area contributed by atoms with E-state index in [9.17, 15) is 4.79 Å². The molecule has 106 valence electrons. The molecule has 1 amide bonds. The van der Waals surface area contributed by atoms with E-state index in [1.807, 2.05) is 13.0 Å². The number of hydrogen-bond donors (Lipinski definition) is 1. The van der Waals surface area contributed by atoms with Crippen molar-refractivity contribution < 1.29 is 9.53 Å². The number of ether oxygens (including phenoxy) is 1. The summed E-state index contributed by atoms with van der Waals surface area (Å²) in [5, 5.41) is 12.2. The Morgan fingerprint density at radius 1 is 1.35 bits per heavy atom. The van der Waals surface area contributed by atoms with E-state index in [1.54, 1.807) is 18.2 Å². The molecule has 0 saturated carbocycles. The van der Waals surface area contributed by atoms with Crippen molar-refractivity contribution in [1.29, 1.82) is 0 Å². The van der Waals surface area contributed by atoms with Crippen LogP contribution in [0, 0.1) is 0 Å². The molecule has 1 aromatic heterocycles. The minimum Gasteiger partial charge on any atom is -0.494 e. The summed E-state index contributed by atoms with van der Waals surface area (Å²) in [6.45, 7) is 4.56. The molecule has 5 nitrogen and oxygen atoms in total. The fraction of sp³-hybridized carbons (Fsp3) is 0.357. The summed E-state index contributed by atoms with van der Waals surface area (Å²) in [7, 11) is 0. The molecule has 1 heterocycles. The Bertz CT molecular complexity index is 583. The maximum absolute atomic E-state index is 12.1. The Kier molecular flexibility index (Phi) is 5.06. The van der Waals surface area contributed by atoms with Crippen LogP contribution in [0.1, 0.15) is 35.6 Å². The third-order valence-corrected chi connectivity index (χ3v) is 3.46. The molecule has 0 aliphatic carbocycles. The molecule has 2 rings (SSSR count). The number of amides is 1. The van der Waals surface area contributed by atoms with Crippen molar-refractivity contribution in [2.45, 2.75) is 26.7 Å². The lowest BCUT2D eigenvalue weighted by atomic mass is 10.2. The van der Waals surface area contributed by atoms with Crippen LogP contribution in [0.4, 0.5) is 5.13 Å². The van der Waals surface area contributed by atoms with E-state index in [0.29, 0.717) is 23.1 Å². The van der Waals surface area contributed by atoms with Crippen molar-refractivity contribution in [3.8, 4) is 5.75 Å². The number of rotatable bonds is 6. The molecule has 0 fully saturated rings. The van der Waals surface area contributed by atoms with Crippen molar-refractivity contribution in [3.05, 3.63) is 34.8 Å². The summed E-state index contributed by atoms with van der Waals surface area (Å²) in [6.07, 6.45) is 1.90. The molecule has 2 aromatic rings. The van der Waals surface area contributed by atoms with E-state index < -0.39 is 0 Å². The zero-order valence-corrected chi connectivity index (χ0v) is 12.4. The van der Waals surface area contributed by atoms with Gasteiger partial charge < -0.3 is 4.74 Å². The van der Waals surface area contributed by atoms with Crippen molar-refractivity contribution in [2.75, 3.05) is 11.9 Å². The lowest BCUT2D eigenvalue weighted by Gasteiger charge is -2.05. The first-order valence-electron chi connectivity index (χ1n) is 6.59. The minimum atomic E-state index is -0.203. The number of anilines is 1. The van der Waals surface area contributed by atoms with Gasteiger partial charge in [0, 0.05) is 12.0 Å². The number of carbonyl (C=O) groups excluding carboxylic acids is 1. The van der Waals surface area contributed by atoms with E-state index in [-0.39, 0.29) is 5.91 Å². The number of aryl methyl sites for hydroxylation is 1. The molecule has 0 spiro atoms. The second kappa shape index (κ2) is 7.00. The monoisotopic (exact) mass is 291 g/mol. The summed E-state index contributed by atoms with van der Waals surface area (Å²) < 4.78 is 5.38. The van der Waals surface area contributed by atoms with Gasteiger partial charge in [-0.05, 0) is 31.5 Å². The zero-order valence-electron chi connectivity index (χ0n) is 11.5. The summed E-state index contributed by atoms with van der Waals surface area (Å²) >= 11 is 1.41. The van der Waals surface area contributed by atoms with Crippen LogP contribution >= 0.6 is 11.3 Å². The highest BCUT2D eigenvalue weighted by atomic mass is 32.1. The third-order valence-electron chi connectivity index (χ3n) is 2.56. The number of nitrogens with one attached hydrogen (secondary N) is 1. The lowest BCUT2D eigenvalue weighted by molar-refractivity contribution is 0.102. The predicted octanol–water partition coefficient (Wildman–Crippen LogP) is 3.14. The number of aromatic nitrogens is 2. The van der Waals surface area contributed by atoms with Gasteiger partial charge in [-0.1, -0.05) is 24.3 Å². The van der Waals surface area contributed by atoms with Gasteiger partial charge in [-0.3, -0.25) is 10.1 Å². The maximum atomic E-state index is 12.1. The number of hydrogen-bond acceptors (Lipinski definition) is 5. The van der Waals surface area contributed by atoms with E-state index in [0.717, 1.165) is 17.8 Å². The van der Waals surface area contributed by atoms with Crippen LogP contribution in [0.25, 0.3) is 0 Å². The zero-order chi connectivity index (χ0) is 14.4. The first kappa shape index (κ1) is 14.5. The third kappa shape index (κ3) is 3.77. The highest BCUT2D eigenvalue weighted by Crippen LogP contribution is 2.19. The summed E-state index contributed by atoms with van der Waals surface area (Å²) in [4.78, 5) is 12.1. The summed E-state index contributed by atoms with van der Waals surface area (Å²) in [5.74, 6) is 0.481. The van der Waals surface area contributed by atoms with Gasteiger partial charge in [0.05, 0.1) is 6.61 Å². The van der Waals surface area contributed by atoms with E-state index in [2.05, 4.69) is 22.4 Å². The highest BCUT2D eigenvalue weighted by molar-refractivity contribution is 7.15. The van der Waals surface area contributed by atoms with Crippen molar-refractivity contribution in [2.24, 2.45) is 0 Å². The predicted molar refractivity (Wildman–Crippen MR) is 79.5 cm³/mol. The van der Waals surface area contributed by atoms with Gasteiger partial charge in [0.2, 0.25) is 5.13 Å². The molecule has 0 atom stereocenters. The SMILES string of the molecule is CCCc1nnc(NC(=O)c2cccc(OCC)c2)s1. The van der Waals surface area contributed by atoms with Crippen LogP contribution in [0.5, 0.6) is 5.75 Å². The van der Waals surface area contributed by atoms with E-state index in [4.69, 9.17) is 4.74 Å². The molecular weight excluding hydrogens is 274 g/mol. The second-order valence-corrected chi connectivity index (χ2v) is 5.23. The molecule has 6 heteroatoms. The van der Waals surface area contributed by atoms with E-state index >= 15 is 0 Å². The smallest absolute Gasteiger partial charge is 0.257 e. The Morgan fingerprint density at radius 2 is 2.20 bits per heavy atom. The van der Waals surface area contributed by atoms with Gasteiger partial charge >= 0.3 is 0 Å². The topological polar surface area (TPSA) is 64.1 Å². The molecule has 0 radical (unpaired) electrons. The fourth-order valence-electron chi connectivity index (χ4n) is 1.68. The molecule has 0 bridgehead atoms. The van der Waals surface area contributed by atoms with Crippen LogP contribution < -0.4 is 10.1 Å². The second-order valence-electron chi connectivity index (χ2n) is 4.17. The van der Waals surface area contributed by atoms with Gasteiger partial charge in [-0.25, -0.2) is 0 Å². The number of nitrogens with zero attached hydrogens (tertiary/aromatic N) is 2. The fourth-order valence-corrected chi connectivity index (χ4v) is 2.52.